The molecule has 0 fully saturated rings. The van der Waals surface area contributed by atoms with Gasteiger partial charge in [-0.25, -0.2) is 0 Å². The number of aromatic amines is 1. The Labute approximate surface area is 166 Å². The van der Waals surface area contributed by atoms with E-state index in [0.717, 1.165) is 0 Å². The number of hydrogen-bond donors (Lipinski definition) is 1. The SMILES string of the molecule is CC1=NC(=C(c2ccc(C#N)cc2)c2[nH]c(C)c(C#N)c2C)C(C)=C1C(F)(F)F. The lowest BCUT2D eigenvalue weighted by Crippen LogP contribution is -2.17. The van der Waals surface area contributed by atoms with Gasteiger partial charge in [0.05, 0.1) is 39.9 Å². The zero-order valence-corrected chi connectivity index (χ0v) is 16.3. The average molecular weight is 394 g/mol. The number of aryl methyl sites for hydroxylation is 1. The number of nitriles is 2. The van der Waals surface area contributed by atoms with E-state index < -0.39 is 11.7 Å². The fourth-order valence-electron chi connectivity index (χ4n) is 3.64. The first-order chi connectivity index (χ1) is 13.6. The molecule has 2 heterocycles. The summed E-state index contributed by atoms with van der Waals surface area (Å²) < 4.78 is 40.7. The van der Waals surface area contributed by atoms with Gasteiger partial charge in [-0.2, -0.15) is 23.7 Å². The van der Waals surface area contributed by atoms with Crippen LogP contribution < -0.4 is 0 Å². The molecule has 4 nitrogen and oxygen atoms in total. The van der Waals surface area contributed by atoms with E-state index in [1.165, 1.54) is 13.8 Å². The lowest BCUT2D eigenvalue weighted by molar-refractivity contribution is -0.0864. The summed E-state index contributed by atoms with van der Waals surface area (Å²) in [6, 6.07) is 10.7. The highest BCUT2D eigenvalue weighted by atomic mass is 19.4. The van der Waals surface area contributed by atoms with Crippen molar-refractivity contribution in [3.8, 4) is 12.1 Å². The van der Waals surface area contributed by atoms with E-state index in [9.17, 15) is 18.4 Å². The highest BCUT2D eigenvalue weighted by Crippen LogP contribution is 2.42. The van der Waals surface area contributed by atoms with Gasteiger partial charge in [0, 0.05) is 11.3 Å². The fourth-order valence-corrected chi connectivity index (χ4v) is 3.64. The highest BCUT2D eigenvalue weighted by molar-refractivity contribution is 6.06. The summed E-state index contributed by atoms with van der Waals surface area (Å²) in [5.74, 6) is 0. The Balaban J connectivity index is 2.40. The van der Waals surface area contributed by atoms with Crippen LogP contribution in [0.5, 0.6) is 0 Å². The van der Waals surface area contributed by atoms with Crippen molar-refractivity contribution in [1.82, 2.24) is 4.98 Å². The maximum absolute atomic E-state index is 13.6. The second kappa shape index (κ2) is 7.10. The molecule has 0 saturated carbocycles. The van der Waals surface area contributed by atoms with Crippen molar-refractivity contribution < 1.29 is 13.2 Å². The first-order valence-corrected chi connectivity index (χ1v) is 8.78. The number of hydrogen-bond acceptors (Lipinski definition) is 3. The predicted molar refractivity (Wildman–Crippen MR) is 104 cm³/mol. The van der Waals surface area contributed by atoms with Gasteiger partial charge in [0.25, 0.3) is 0 Å². The Morgan fingerprint density at radius 2 is 1.62 bits per heavy atom. The van der Waals surface area contributed by atoms with Crippen LogP contribution in [0.4, 0.5) is 13.2 Å². The third-order valence-electron chi connectivity index (χ3n) is 4.99. The van der Waals surface area contributed by atoms with Crippen LogP contribution in [0.1, 0.15) is 47.5 Å². The molecule has 0 saturated heterocycles. The van der Waals surface area contributed by atoms with Crippen LogP contribution in [0, 0.1) is 36.5 Å². The van der Waals surface area contributed by atoms with Gasteiger partial charge >= 0.3 is 6.18 Å². The van der Waals surface area contributed by atoms with E-state index in [-0.39, 0.29) is 17.0 Å². The third kappa shape index (κ3) is 3.36. The van der Waals surface area contributed by atoms with Crippen LogP contribution in [0.3, 0.4) is 0 Å². The van der Waals surface area contributed by atoms with Gasteiger partial charge in [0.1, 0.15) is 6.07 Å². The van der Waals surface area contributed by atoms with Crippen molar-refractivity contribution in [3.05, 3.63) is 74.8 Å². The van der Waals surface area contributed by atoms with Crippen LogP contribution in [-0.4, -0.2) is 16.9 Å². The number of nitrogens with zero attached hydrogens (tertiary/aromatic N) is 3. The summed E-state index contributed by atoms with van der Waals surface area (Å²) in [6.45, 7) is 6.22. The Hall–Kier alpha value is -3.58. The van der Waals surface area contributed by atoms with Crippen LogP contribution in [-0.2, 0) is 0 Å². The number of allylic oxidation sites excluding steroid dienone is 2. The number of H-pyrrole nitrogens is 1. The van der Waals surface area contributed by atoms with Crippen molar-refractivity contribution in [1.29, 1.82) is 10.5 Å². The molecule has 146 valence electrons. The smallest absolute Gasteiger partial charge is 0.357 e. The maximum atomic E-state index is 13.6. The highest BCUT2D eigenvalue weighted by Gasteiger charge is 2.41. The maximum Gasteiger partial charge on any atom is 0.418 e. The van der Waals surface area contributed by atoms with Crippen LogP contribution in [0.25, 0.3) is 5.57 Å². The van der Waals surface area contributed by atoms with Gasteiger partial charge in [-0.05, 0) is 56.5 Å². The molecule has 0 spiro atoms. The number of benzene rings is 1. The number of alkyl halides is 3. The molecule has 0 bridgehead atoms. The van der Waals surface area contributed by atoms with E-state index in [1.54, 1.807) is 38.1 Å². The molecule has 29 heavy (non-hydrogen) atoms. The topological polar surface area (TPSA) is 75.7 Å². The molecule has 1 aromatic heterocycles. The lowest BCUT2D eigenvalue weighted by Gasteiger charge is -2.13. The molecule has 0 atom stereocenters. The van der Waals surface area contributed by atoms with Gasteiger partial charge < -0.3 is 4.98 Å². The second-order valence-electron chi connectivity index (χ2n) is 6.84. The number of halogens is 3. The molecule has 7 heteroatoms. The first-order valence-electron chi connectivity index (χ1n) is 8.78. The average Bonchev–Trinajstić information content (AvgIpc) is 3.11. The van der Waals surface area contributed by atoms with Crippen molar-refractivity contribution in [2.45, 2.75) is 33.9 Å². The minimum Gasteiger partial charge on any atom is -0.357 e. The number of aromatic nitrogens is 1. The van der Waals surface area contributed by atoms with Gasteiger partial charge in [-0.3, -0.25) is 4.99 Å². The van der Waals surface area contributed by atoms with E-state index in [4.69, 9.17) is 5.26 Å². The van der Waals surface area contributed by atoms with Gasteiger partial charge in [0.15, 0.2) is 0 Å². The minimum atomic E-state index is -4.52. The summed E-state index contributed by atoms with van der Waals surface area (Å²) in [6.07, 6.45) is -4.52. The number of aliphatic imine (C=N–C) groups is 1. The molecule has 2 aromatic rings. The molecule has 1 aromatic carbocycles. The summed E-state index contributed by atoms with van der Waals surface area (Å²) in [7, 11) is 0. The molecule has 0 unspecified atom stereocenters. The van der Waals surface area contributed by atoms with E-state index in [1.807, 2.05) is 6.07 Å². The summed E-state index contributed by atoms with van der Waals surface area (Å²) in [5, 5.41) is 18.5. The second-order valence-corrected chi connectivity index (χ2v) is 6.84. The normalized spacial score (nSPS) is 15.8. The lowest BCUT2D eigenvalue weighted by atomic mass is 9.93. The Morgan fingerprint density at radius 1 is 1.00 bits per heavy atom. The van der Waals surface area contributed by atoms with Crippen molar-refractivity contribution in [2.75, 3.05) is 0 Å². The fraction of sp³-hybridized carbons (Fsp3) is 0.227. The summed E-state index contributed by atoms with van der Waals surface area (Å²) in [4.78, 5) is 7.39. The zero-order valence-electron chi connectivity index (χ0n) is 16.3. The zero-order chi connectivity index (χ0) is 21.5. The predicted octanol–water partition coefficient (Wildman–Crippen LogP) is 5.49. The van der Waals surface area contributed by atoms with Gasteiger partial charge in [0.2, 0.25) is 0 Å². The van der Waals surface area contributed by atoms with Crippen molar-refractivity contribution in [2.24, 2.45) is 4.99 Å². The molecule has 1 aliphatic rings. The van der Waals surface area contributed by atoms with Crippen LogP contribution in [0.15, 0.2) is 46.1 Å². The van der Waals surface area contributed by atoms with Crippen molar-refractivity contribution >= 4 is 11.3 Å². The quantitative estimate of drug-likeness (QED) is 0.731. The monoisotopic (exact) mass is 394 g/mol. The number of rotatable bonds is 2. The number of nitrogens with one attached hydrogen (secondary N) is 1. The van der Waals surface area contributed by atoms with Gasteiger partial charge in [-0.15, -0.1) is 0 Å². The first kappa shape index (κ1) is 20.2. The van der Waals surface area contributed by atoms with E-state index in [2.05, 4.69) is 16.0 Å². The molecule has 0 amide bonds. The summed E-state index contributed by atoms with van der Waals surface area (Å²) in [5.41, 5.74) is 3.14. The molecular formula is C22H17F3N4. The van der Waals surface area contributed by atoms with Crippen molar-refractivity contribution in [3.63, 3.8) is 0 Å². The molecule has 3 rings (SSSR count). The molecule has 0 aliphatic carbocycles. The van der Waals surface area contributed by atoms with Crippen LogP contribution in [0.2, 0.25) is 0 Å². The largest absolute Gasteiger partial charge is 0.418 e. The standard InChI is InChI=1S/C22H17F3N4/c1-11-17(10-27)13(3)28-20(11)18(16-7-5-15(9-26)6-8-16)21-12(2)19(14(4)29-21)22(23,24)25/h5-8,28H,1-4H3. The molecule has 1 N–H and O–H groups in total. The van der Waals surface area contributed by atoms with E-state index >= 15 is 0 Å². The Kier molecular flexibility index (Phi) is 4.94. The molecular weight excluding hydrogens is 377 g/mol. The van der Waals surface area contributed by atoms with Gasteiger partial charge in [-0.1, -0.05) is 12.1 Å². The summed E-state index contributed by atoms with van der Waals surface area (Å²) >= 11 is 0. The third-order valence-corrected chi connectivity index (χ3v) is 4.99. The van der Waals surface area contributed by atoms with E-state index in [0.29, 0.717) is 39.2 Å². The minimum absolute atomic E-state index is 0.0273. The molecule has 1 aliphatic heterocycles. The molecule has 0 radical (unpaired) electrons. The Bertz CT molecular complexity index is 1170. The van der Waals surface area contributed by atoms with Crippen LogP contribution >= 0.6 is 0 Å². The Morgan fingerprint density at radius 3 is 2.07 bits per heavy atom.